The van der Waals surface area contributed by atoms with E-state index in [9.17, 15) is 13.2 Å². The van der Waals surface area contributed by atoms with Gasteiger partial charge in [-0.2, -0.15) is 5.10 Å². The number of amides is 1. The number of aryl methyl sites for hydroxylation is 1. The third kappa shape index (κ3) is 6.35. The molecule has 0 aliphatic heterocycles. The lowest BCUT2D eigenvalue weighted by Gasteiger charge is -2.24. The molecule has 0 aliphatic carbocycles. The van der Waals surface area contributed by atoms with E-state index in [0.717, 1.165) is 15.4 Å². The van der Waals surface area contributed by atoms with Gasteiger partial charge in [0.15, 0.2) is 0 Å². The van der Waals surface area contributed by atoms with Crippen LogP contribution in [0.4, 0.5) is 5.69 Å². The first-order chi connectivity index (χ1) is 16.3. The van der Waals surface area contributed by atoms with Crippen molar-refractivity contribution in [3.63, 3.8) is 0 Å². The Kier molecular flexibility index (Phi) is 8.26. The predicted octanol–water partition coefficient (Wildman–Crippen LogP) is 3.75. The summed E-state index contributed by atoms with van der Waals surface area (Å²) in [5.74, 6) is 0.718. The van der Waals surface area contributed by atoms with E-state index in [2.05, 4.69) is 10.5 Å². The number of ether oxygens (including phenoxy) is 2. The molecule has 0 saturated carbocycles. The molecule has 0 bridgehead atoms. The number of hydrazone groups is 1. The second-order valence-corrected chi connectivity index (χ2v) is 9.18. The molecule has 0 heterocycles. The molecule has 0 unspecified atom stereocenters. The van der Waals surface area contributed by atoms with Crippen LogP contribution in [0.5, 0.6) is 11.5 Å². The third-order valence-electron chi connectivity index (χ3n) is 4.85. The second kappa shape index (κ2) is 11.3. The smallest absolute Gasteiger partial charge is 0.264 e. The number of benzene rings is 3. The minimum atomic E-state index is -4.01. The van der Waals surface area contributed by atoms with Gasteiger partial charge in [0.25, 0.3) is 15.9 Å². The van der Waals surface area contributed by atoms with Crippen LogP contribution in [0.15, 0.2) is 82.8 Å². The van der Waals surface area contributed by atoms with Crippen molar-refractivity contribution >= 4 is 27.8 Å². The number of sulfonamides is 1. The van der Waals surface area contributed by atoms with E-state index in [-0.39, 0.29) is 4.90 Å². The van der Waals surface area contributed by atoms with E-state index in [4.69, 9.17) is 9.47 Å². The molecular weight excluding hydrogens is 454 g/mol. The van der Waals surface area contributed by atoms with Gasteiger partial charge >= 0.3 is 0 Å². The topological polar surface area (TPSA) is 97.3 Å². The summed E-state index contributed by atoms with van der Waals surface area (Å²) in [6, 6.07) is 20.1. The zero-order valence-corrected chi connectivity index (χ0v) is 20.1. The summed E-state index contributed by atoms with van der Waals surface area (Å²) in [5.41, 5.74) is 4.40. The minimum Gasteiger partial charge on any atom is -0.497 e. The Morgan fingerprint density at radius 2 is 1.59 bits per heavy atom. The number of methoxy groups -OCH3 is 1. The highest BCUT2D eigenvalue weighted by atomic mass is 32.2. The largest absolute Gasteiger partial charge is 0.497 e. The lowest BCUT2D eigenvalue weighted by molar-refractivity contribution is -0.119. The van der Waals surface area contributed by atoms with Crippen LogP contribution in [0.3, 0.4) is 0 Å². The zero-order valence-electron chi connectivity index (χ0n) is 19.3. The van der Waals surface area contributed by atoms with Gasteiger partial charge in [0.05, 0.1) is 30.5 Å². The molecule has 1 amide bonds. The van der Waals surface area contributed by atoms with Gasteiger partial charge < -0.3 is 9.47 Å². The van der Waals surface area contributed by atoms with Crippen molar-refractivity contribution in [2.75, 3.05) is 24.6 Å². The van der Waals surface area contributed by atoms with Gasteiger partial charge in [-0.25, -0.2) is 13.8 Å². The maximum atomic E-state index is 13.4. The molecule has 3 aromatic rings. The van der Waals surface area contributed by atoms with E-state index in [0.29, 0.717) is 23.8 Å². The van der Waals surface area contributed by atoms with E-state index in [1.807, 2.05) is 13.8 Å². The first-order valence-corrected chi connectivity index (χ1v) is 12.1. The molecule has 0 spiro atoms. The number of carbonyl (C=O) groups is 1. The average molecular weight is 482 g/mol. The highest BCUT2D eigenvalue weighted by molar-refractivity contribution is 7.92. The van der Waals surface area contributed by atoms with Crippen LogP contribution in [0.25, 0.3) is 0 Å². The molecule has 34 heavy (non-hydrogen) atoms. The highest BCUT2D eigenvalue weighted by Gasteiger charge is 2.27. The van der Waals surface area contributed by atoms with Crippen LogP contribution in [0, 0.1) is 6.92 Å². The van der Waals surface area contributed by atoms with Crippen LogP contribution in [0.2, 0.25) is 0 Å². The summed E-state index contributed by atoms with van der Waals surface area (Å²) in [5, 5.41) is 3.94. The molecule has 9 heteroatoms. The van der Waals surface area contributed by atoms with Crippen LogP contribution in [0.1, 0.15) is 18.1 Å². The maximum absolute atomic E-state index is 13.4. The number of rotatable bonds is 10. The number of nitrogens with one attached hydrogen (secondary N) is 1. The lowest BCUT2D eigenvalue weighted by Crippen LogP contribution is -2.39. The molecule has 0 aromatic heterocycles. The molecule has 0 fully saturated rings. The van der Waals surface area contributed by atoms with Crippen molar-refractivity contribution in [3.05, 3.63) is 83.9 Å². The maximum Gasteiger partial charge on any atom is 0.264 e. The molecule has 0 radical (unpaired) electrons. The molecule has 3 rings (SSSR count). The SMILES string of the molecule is CCOc1ccc(N(CC(=O)N/N=C\c2ccc(OC)cc2)S(=O)(=O)c2ccc(C)cc2)cc1. The van der Waals surface area contributed by atoms with Crippen LogP contribution >= 0.6 is 0 Å². The van der Waals surface area contributed by atoms with E-state index < -0.39 is 22.5 Å². The summed E-state index contributed by atoms with van der Waals surface area (Å²) in [6.07, 6.45) is 1.47. The highest BCUT2D eigenvalue weighted by Crippen LogP contribution is 2.26. The van der Waals surface area contributed by atoms with Gasteiger partial charge in [0.1, 0.15) is 18.0 Å². The van der Waals surface area contributed by atoms with Gasteiger partial charge in [-0.15, -0.1) is 0 Å². The van der Waals surface area contributed by atoms with Gasteiger partial charge in [0, 0.05) is 0 Å². The summed E-state index contributed by atoms with van der Waals surface area (Å²) in [6.45, 7) is 3.76. The normalized spacial score (nSPS) is 11.3. The molecule has 1 N–H and O–H groups in total. The monoisotopic (exact) mass is 481 g/mol. The van der Waals surface area contributed by atoms with Gasteiger partial charge in [-0.1, -0.05) is 17.7 Å². The van der Waals surface area contributed by atoms with Crippen LogP contribution < -0.4 is 19.2 Å². The molecule has 178 valence electrons. The van der Waals surface area contributed by atoms with E-state index >= 15 is 0 Å². The van der Waals surface area contributed by atoms with E-state index in [1.54, 1.807) is 67.8 Å². The predicted molar refractivity (Wildman–Crippen MR) is 132 cm³/mol. The van der Waals surface area contributed by atoms with Gasteiger partial charge in [-0.3, -0.25) is 9.10 Å². The summed E-state index contributed by atoms with van der Waals surface area (Å²) < 4.78 is 38.4. The first kappa shape index (κ1) is 24.8. The molecule has 0 atom stereocenters. The lowest BCUT2D eigenvalue weighted by atomic mass is 10.2. The number of hydrogen-bond donors (Lipinski definition) is 1. The van der Waals surface area contributed by atoms with Crippen molar-refractivity contribution < 1.29 is 22.7 Å². The Hall–Kier alpha value is -3.85. The molecule has 8 nitrogen and oxygen atoms in total. The van der Waals surface area contributed by atoms with Crippen molar-refractivity contribution in [2.45, 2.75) is 18.7 Å². The Morgan fingerprint density at radius 1 is 0.971 bits per heavy atom. The zero-order chi connectivity index (χ0) is 24.6. The van der Waals surface area contributed by atoms with Crippen molar-refractivity contribution in [1.82, 2.24) is 5.43 Å². The van der Waals surface area contributed by atoms with Gasteiger partial charge in [-0.05, 0) is 80.1 Å². The average Bonchev–Trinajstić information content (AvgIpc) is 2.84. The molecular formula is C25H27N3O5S. The Morgan fingerprint density at radius 3 is 2.18 bits per heavy atom. The fourth-order valence-corrected chi connectivity index (χ4v) is 4.48. The number of hydrogen-bond acceptors (Lipinski definition) is 6. The Balaban J connectivity index is 1.81. The van der Waals surface area contributed by atoms with Crippen molar-refractivity contribution in [1.29, 1.82) is 0 Å². The van der Waals surface area contributed by atoms with E-state index in [1.165, 1.54) is 18.3 Å². The van der Waals surface area contributed by atoms with Crippen molar-refractivity contribution in [2.24, 2.45) is 5.10 Å². The standard InChI is InChI=1S/C25H27N3O5S/c1-4-33-23-13-9-21(10-14-23)28(34(30,31)24-15-5-19(2)6-16-24)18-25(29)27-26-17-20-7-11-22(32-3)12-8-20/h5-17H,4,18H2,1-3H3,(H,27,29)/b26-17-. The third-order valence-corrected chi connectivity index (χ3v) is 6.64. The summed E-state index contributed by atoms with van der Waals surface area (Å²) >= 11 is 0. The minimum absolute atomic E-state index is 0.0847. The number of anilines is 1. The Bertz CT molecular complexity index is 1220. The fourth-order valence-electron chi connectivity index (χ4n) is 3.06. The summed E-state index contributed by atoms with van der Waals surface area (Å²) in [7, 11) is -2.44. The fraction of sp³-hybridized carbons (Fsp3) is 0.200. The van der Waals surface area contributed by atoms with Crippen molar-refractivity contribution in [3.8, 4) is 11.5 Å². The Labute approximate surface area is 199 Å². The number of carbonyl (C=O) groups excluding carboxylic acids is 1. The molecule has 0 saturated heterocycles. The van der Waals surface area contributed by atoms with Crippen LogP contribution in [-0.2, 0) is 14.8 Å². The number of nitrogens with zero attached hydrogens (tertiary/aromatic N) is 2. The van der Waals surface area contributed by atoms with Crippen LogP contribution in [-0.4, -0.2) is 40.8 Å². The quantitative estimate of drug-likeness (QED) is 0.351. The summed E-state index contributed by atoms with van der Waals surface area (Å²) in [4.78, 5) is 12.7. The first-order valence-electron chi connectivity index (χ1n) is 10.6. The molecule has 0 aliphatic rings. The molecule has 3 aromatic carbocycles. The van der Waals surface area contributed by atoms with Gasteiger partial charge in [0.2, 0.25) is 0 Å². The second-order valence-electron chi connectivity index (χ2n) is 7.32.